The Morgan fingerprint density at radius 1 is 1.10 bits per heavy atom. The fourth-order valence-electron chi connectivity index (χ4n) is 1.81. The molecule has 1 aliphatic rings. The lowest BCUT2D eigenvalue weighted by molar-refractivity contribution is 0.00578. The molecular weight excluding hydrogens is 255 g/mol. The van der Waals surface area contributed by atoms with Crippen molar-refractivity contribution in [2.24, 2.45) is 0 Å². The summed E-state index contributed by atoms with van der Waals surface area (Å²) in [5.74, 6) is 0.540. The van der Waals surface area contributed by atoms with Gasteiger partial charge in [0.05, 0.1) is 29.6 Å². The average molecular weight is 278 g/mol. The number of unbranched alkanes of at least 4 members (excludes halogenated alkanes) is 1. The van der Waals surface area contributed by atoms with E-state index in [1.54, 1.807) is 12.4 Å². The molecule has 20 heavy (non-hydrogen) atoms. The Labute approximate surface area is 121 Å². The molecular formula is C14H23BN2O3. The van der Waals surface area contributed by atoms with Crippen molar-refractivity contribution in [3.05, 3.63) is 12.4 Å². The summed E-state index contributed by atoms with van der Waals surface area (Å²) in [7, 11) is -0.475. The minimum atomic E-state index is -0.475. The van der Waals surface area contributed by atoms with Gasteiger partial charge in [-0.15, -0.1) is 0 Å². The Kier molecular flexibility index (Phi) is 4.35. The molecule has 0 aliphatic carbocycles. The number of ether oxygens (including phenoxy) is 1. The van der Waals surface area contributed by atoms with Crippen LogP contribution in [0.4, 0.5) is 0 Å². The summed E-state index contributed by atoms with van der Waals surface area (Å²) in [6.07, 6.45) is 5.39. The first-order valence-electron chi connectivity index (χ1n) is 7.16. The zero-order valence-electron chi connectivity index (χ0n) is 13.0. The molecule has 5 nitrogen and oxygen atoms in total. The number of hydrogen-bond donors (Lipinski definition) is 0. The van der Waals surface area contributed by atoms with E-state index in [1.165, 1.54) is 0 Å². The molecule has 0 N–H and O–H groups in total. The lowest BCUT2D eigenvalue weighted by Crippen LogP contribution is -2.41. The molecule has 1 aromatic rings. The third-order valence-electron chi connectivity index (χ3n) is 3.89. The minimum absolute atomic E-state index is 0.365. The summed E-state index contributed by atoms with van der Waals surface area (Å²) in [5.41, 5.74) is -0.0582. The van der Waals surface area contributed by atoms with Crippen LogP contribution in [0.25, 0.3) is 0 Å². The standard InChI is InChI=1S/C14H23BN2O3/c1-6-7-8-18-12-10-16-11(9-17-12)15-19-13(2,3)14(4,5)20-15/h9-10H,6-8H2,1-5H3. The van der Waals surface area contributed by atoms with Crippen molar-refractivity contribution >= 4 is 12.7 Å². The molecule has 2 heterocycles. The highest BCUT2D eigenvalue weighted by molar-refractivity contribution is 6.61. The van der Waals surface area contributed by atoms with Gasteiger partial charge in [0.25, 0.3) is 0 Å². The predicted molar refractivity (Wildman–Crippen MR) is 78.2 cm³/mol. The molecule has 0 saturated carbocycles. The summed E-state index contributed by atoms with van der Waals surface area (Å²) in [4.78, 5) is 8.58. The van der Waals surface area contributed by atoms with Gasteiger partial charge >= 0.3 is 7.12 Å². The Balaban J connectivity index is 2.01. The van der Waals surface area contributed by atoms with Gasteiger partial charge in [-0.3, -0.25) is 4.98 Å². The first-order valence-corrected chi connectivity index (χ1v) is 7.16. The Morgan fingerprint density at radius 2 is 1.75 bits per heavy atom. The van der Waals surface area contributed by atoms with Crippen molar-refractivity contribution in [1.82, 2.24) is 9.97 Å². The van der Waals surface area contributed by atoms with Gasteiger partial charge in [-0.1, -0.05) is 13.3 Å². The van der Waals surface area contributed by atoms with Crippen LogP contribution in [-0.2, 0) is 9.31 Å². The molecule has 1 aliphatic heterocycles. The molecule has 0 radical (unpaired) electrons. The van der Waals surface area contributed by atoms with E-state index in [-0.39, 0.29) is 11.2 Å². The molecule has 0 atom stereocenters. The second kappa shape index (κ2) is 5.70. The van der Waals surface area contributed by atoms with Crippen molar-refractivity contribution < 1.29 is 14.0 Å². The van der Waals surface area contributed by atoms with Crippen LogP contribution in [0.15, 0.2) is 12.4 Å². The van der Waals surface area contributed by atoms with Gasteiger partial charge in [0.15, 0.2) is 0 Å². The van der Waals surface area contributed by atoms with Crippen LogP contribution >= 0.6 is 0 Å². The molecule has 0 aromatic carbocycles. The Hall–Kier alpha value is -1.14. The first kappa shape index (κ1) is 15.3. The third kappa shape index (κ3) is 3.12. The highest BCUT2D eigenvalue weighted by Crippen LogP contribution is 2.36. The summed E-state index contributed by atoms with van der Waals surface area (Å²) < 4.78 is 17.3. The topological polar surface area (TPSA) is 53.5 Å². The summed E-state index contributed by atoms with van der Waals surface area (Å²) in [5, 5.41) is 0. The zero-order valence-corrected chi connectivity index (χ0v) is 13.0. The third-order valence-corrected chi connectivity index (χ3v) is 3.89. The quantitative estimate of drug-likeness (QED) is 0.608. The molecule has 2 rings (SSSR count). The van der Waals surface area contributed by atoms with Gasteiger partial charge in [-0.25, -0.2) is 4.98 Å². The molecule has 0 unspecified atom stereocenters. The van der Waals surface area contributed by atoms with Crippen LogP contribution in [-0.4, -0.2) is 34.9 Å². The van der Waals surface area contributed by atoms with E-state index in [1.807, 2.05) is 27.7 Å². The van der Waals surface area contributed by atoms with E-state index in [0.717, 1.165) is 12.8 Å². The maximum Gasteiger partial charge on any atom is 0.516 e. The molecule has 0 spiro atoms. The van der Waals surface area contributed by atoms with Crippen LogP contribution in [0.2, 0.25) is 0 Å². The summed E-state index contributed by atoms with van der Waals surface area (Å²) >= 11 is 0. The molecule has 6 heteroatoms. The lowest BCUT2D eigenvalue weighted by Gasteiger charge is -2.32. The van der Waals surface area contributed by atoms with Crippen LogP contribution in [0.3, 0.4) is 0 Å². The van der Waals surface area contributed by atoms with E-state index >= 15 is 0 Å². The zero-order chi connectivity index (χ0) is 14.8. The summed E-state index contributed by atoms with van der Waals surface area (Å²) in [6, 6.07) is 0. The van der Waals surface area contributed by atoms with Crippen molar-refractivity contribution in [3.8, 4) is 5.88 Å². The van der Waals surface area contributed by atoms with Crippen molar-refractivity contribution in [2.45, 2.75) is 58.7 Å². The van der Waals surface area contributed by atoms with Crippen LogP contribution < -0.4 is 10.3 Å². The highest BCUT2D eigenvalue weighted by Gasteiger charge is 2.52. The lowest BCUT2D eigenvalue weighted by atomic mass is 9.85. The van der Waals surface area contributed by atoms with Gasteiger partial charge in [0.1, 0.15) is 0 Å². The fraction of sp³-hybridized carbons (Fsp3) is 0.714. The average Bonchev–Trinajstić information content (AvgIpc) is 2.60. The monoisotopic (exact) mass is 278 g/mol. The molecule has 1 aromatic heterocycles. The highest BCUT2D eigenvalue weighted by atomic mass is 16.7. The van der Waals surface area contributed by atoms with Gasteiger partial charge < -0.3 is 14.0 Å². The van der Waals surface area contributed by atoms with E-state index in [9.17, 15) is 0 Å². The van der Waals surface area contributed by atoms with Gasteiger partial charge in [0.2, 0.25) is 5.88 Å². The smallest absolute Gasteiger partial charge is 0.477 e. The second-order valence-electron chi connectivity index (χ2n) is 6.07. The number of hydrogen-bond acceptors (Lipinski definition) is 5. The summed E-state index contributed by atoms with van der Waals surface area (Å²) in [6.45, 7) is 10.9. The SMILES string of the molecule is CCCCOc1cnc(B2OC(C)(C)C(C)(C)O2)cn1. The van der Waals surface area contributed by atoms with Crippen LogP contribution in [0.5, 0.6) is 5.88 Å². The molecule has 1 saturated heterocycles. The Morgan fingerprint density at radius 3 is 2.25 bits per heavy atom. The fourth-order valence-corrected chi connectivity index (χ4v) is 1.81. The second-order valence-corrected chi connectivity index (χ2v) is 6.07. The number of nitrogens with zero attached hydrogens (tertiary/aromatic N) is 2. The molecule has 0 bridgehead atoms. The van der Waals surface area contributed by atoms with E-state index in [2.05, 4.69) is 16.9 Å². The number of aromatic nitrogens is 2. The maximum absolute atomic E-state index is 5.92. The molecule has 110 valence electrons. The van der Waals surface area contributed by atoms with Crippen LogP contribution in [0, 0.1) is 0 Å². The van der Waals surface area contributed by atoms with E-state index < -0.39 is 7.12 Å². The van der Waals surface area contributed by atoms with Crippen molar-refractivity contribution in [3.63, 3.8) is 0 Å². The Bertz CT molecular complexity index is 432. The molecule has 0 amide bonds. The predicted octanol–water partition coefficient (Wildman–Crippen LogP) is 1.95. The van der Waals surface area contributed by atoms with E-state index in [4.69, 9.17) is 14.0 Å². The number of rotatable bonds is 5. The van der Waals surface area contributed by atoms with Crippen LogP contribution in [0.1, 0.15) is 47.5 Å². The van der Waals surface area contributed by atoms with Crippen molar-refractivity contribution in [2.75, 3.05) is 6.61 Å². The van der Waals surface area contributed by atoms with E-state index in [0.29, 0.717) is 18.1 Å². The van der Waals surface area contributed by atoms with Crippen molar-refractivity contribution in [1.29, 1.82) is 0 Å². The largest absolute Gasteiger partial charge is 0.516 e. The normalized spacial score (nSPS) is 20.1. The van der Waals surface area contributed by atoms with Gasteiger partial charge in [-0.2, -0.15) is 0 Å². The minimum Gasteiger partial charge on any atom is -0.477 e. The van der Waals surface area contributed by atoms with Gasteiger partial charge in [-0.05, 0) is 34.1 Å². The maximum atomic E-state index is 5.92. The van der Waals surface area contributed by atoms with Gasteiger partial charge in [0, 0.05) is 6.20 Å². The first-order chi connectivity index (χ1) is 9.36. The molecule has 1 fully saturated rings.